The van der Waals surface area contributed by atoms with E-state index in [1.54, 1.807) is 0 Å². The van der Waals surface area contributed by atoms with Crippen LogP contribution in [0.5, 0.6) is 0 Å². The quantitative estimate of drug-likeness (QED) is 0.905. The number of benzene rings is 1. The van der Waals surface area contributed by atoms with Crippen molar-refractivity contribution in [1.29, 1.82) is 0 Å². The largest absolute Gasteiger partial charge is 0.310 e. The Hall–Kier alpha value is -0.860. The lowest BCUT2D eigenvalue weighted by molar-refractivity contribution is 0.165. The summed E-state index contributed by atoms with van der Waals surface area (Å²) in [7, 11) is 0. The fraction of sp³-hybridized carbons (Fsp3) is 0.684. The van der Waals surface area contributed by atoms with Gasteiger partial charge in [-0.05, 0) is 56.6 Å². The molecule has 2 aliphatic rings. The Morgan fingerprint density at radius 1 is 1.00 bits per heavy atom. The molecule has 0 spiro atoms. The van der Waals surface area contributed by atoms with Gasteiger partial charge in [-0.25, -0.2) is 0 Å². The number of piperidine rings is 1. The molecule has 0 amide bonds. The lowest BCUT2D eigenvalue weighted by Crippen LogP contribution is -2.49. The van der Waals surface area contributed by atoms with E-state index in [4.69, 9.17) is 0 Å². The predicted molar refractivity (Wildman–Crippen MR) is 89.3 cm³/mol. The van der Waals surface area contributed by atoms with Crippen LogP contribution in [-0.4, -0.2) is 30.1 Å². The third-order valence-electron chi connectivity index (χ3n) is 5.24. The first-order valence-corrected chi connectivity index (χ1v) is 8.82. The van der Waals surface area contributed by atoms with Gasteiger partial charge in [-0.3, -0.25) is 4.90 Å². The van der Waals surface area contributed by atoms with Gasteiger partial charge in [0, 0.05) is 25.2 Å². The Bertz CT molecular complexity index is 409. The van der Waals surface area contributed by atoms with Crippen LogP contribution in [0.25, 0.3) is 0 Å². The monoisotopic (exact) mass is 286 g/mol. The Balaban J connectivity index is 1.47. The molecule has 1 unspecified atom stereocenters. The van der Waals surface area contributed by atoms with Gasteiger partial charge < -0.3 is 5.32 Å². The minimum absolute atomic E-state index is 0.709. The smallest absolute Gasteiger partial charge is 0.0234 e. The summed E-state index contributed by atoms with van der Waals surface area (Å²) in [5.74, 6) is 0.948. The first kappa shape index (κ1) is 15.1. The van der Waals surface area contributed by atoms with Crippen molar-refractivity contribution >= 4 is 0 Å². The van der Waals surface area contributed by atoms with Crippen molar-refractivity contribution in [2.45, 2.75) is 64.1 Å². The molecule has 1 aromatic carbocycles. The van der Waals surface area contributed by atoms with Crippen LogP contribution in [-0.2, 0) is 6.54 Å². The zero-order valence-corrected chi connectivity index (χ0v) is 13.4. The third kappa shape index (κ3) is 4.55. The van der Waals surface area contributed by atoms with E-state index in [0.29, 0.717) is 6.04 Å². The first-order valence-electron chi connectivity index (χ1n) is 8.82. The molecule has 0 radical (unpaired) electrons. The lowest BCUT2D eigenvalue weighted by atomic mass is 9.86. The molecule has 0 aromatic heterocycles. The highest BCUT2D eigenvalue weighted by Gasteiger charge is 2.24. The highest BCUT2D eigenvalue weighted by molar-refractivity contribution is 5.14. The molecule has 2 fully saturated rings. The molecule has 1 saturated heterocycles. The molecule has 1 aliphatic heterocycles. The van der Waals surface area contributed by atoms with Gasteiger partial charge in [0.2, 0.25) is 0 Å². The van der Waals surface area contributed by atoms with Gasteiger partial charge in [-0.15, -0.1) is 0 Å². The fourth-order valence-corrected chi connectivity index (χ4v) is 3.94. The van der Waals surface area contributed by atoms with E-state index in [1.807, 2.05) is 0 Å². The molecular formula is C19H30N2. The number of likely N-dealkylation sites (tertiary alicyclic amines) is 1. The van der Waals surface area contributed by atoms with E-state index in [2.05, 4.69) is 47.5 Å². The van der Waals surface area contributed by atoms with E-state index >= 15 is 0 Å². The number of hydrogen-bond donors (Lipinski definition) is 1. The van der Waals surface area contributed by atoms with E-state index in [9.17, 15) is 0 Å². The standard InChI is InChI=1S/C19H30N2/c1-16-9-11-18(12-10-16)20-19-8-5-13-21(15-19)14-17-6-3-2-4-7-17/h2-4,6-7,16,18-20H,5,8-15H2,1H3. The molecule has 3 rings (SSSR count). The summed E-state index contributed by atoms with van der Waals surface area (Å²) in [5.41, 5.74) is 1.45. The summed E-state index contributed by atoms with van der Waals surface area (Å²) in [5, 5.41) is 3.95. The summed E-state index contributed by atoms with van der Waals surface area (Å²) in [6.07, 6.45) is 8.30. The maximum Gasteiger partial charge on any atom is 0.0234 e. The SMILES string of the molecule is CC1CCC(NC2CCCN(Cc3ccccc3)C2)CC1. The van der Waals surface area contributed by atoms with Crippen LogP contribution in [0.2, 0.25) is 0 Å². The second-order valence-electron chi connectivity index (χ2n) is 7.18. The number of nitrogens with zero attached hydrogens (tertiary/aromatic N) is 1. The Kier molecular flexibility index (Phi) is 5.32. The van der Waals surface area contributed by atoms with E-state index in [0.717, 1.165) is 18.5 Å². The van der Waals surface area contributed by atoms with Gasteiger partial charge in [-0.2, -0.15) is 0 Å². The molecular weight excluding hydrogens is 256 g/mol. The number of rotatable bonds is 4. The summed E-state index contributed by atoms with van der Waals surface area (Å²) < 4.78 is 0. The highest BCUT2D eigenvalue weighted by atomic mass is 15.2. The second-order valence-corrected chi connectivity index (χ2v) is 7.18. The van der Waals surface area contributed by atoms with Crippen molar-refractivity contribution in [3.05, 3.63) is 35.9 Å². The van der Waals surface area contributed by atoms with Crippen molar-refractivity contribution in [2.24, 2.45) is 5.92 Å². The summed E-state index contributed by atoms with van der Waals surface area (Å²) in [6, 6.07) is 12.4. The van der Waals surface area contributed by atoms with Gasteiger partial charge in [0.15, 0.2) is 0 Å². The zero-order chi connectivity index (χ0) is 14.5. The average molecular weight is 286 g/mol. The molecule has 1 aliphatic carbocycles. The van der Waals surface area contributed by atoms with Gasteiger partial charge in [0.25, 0.3) is 0 Å². The van der Waals surface area contributed by atoms with Crippen LogP contribution in [0.3, 0.4) is 0 Å². The number of hydrogen-bond acceptors (Lipinski definition) is 2. The number of nitrogens with one attached hydrogen (secondary N) is 1. The van der Waals surface area contributed by atoms with Crippen molar-refractivity contribution in [2.75, 3.05) is 13.1 Å². The van der Waals surface area contributed by atoms with Gasteiger partial charge >= 0.3 is 0 Å². The molecule has 2 heteroatoms. The van der Waals surface area contributed by atoms with Crippen LogP contribution in [0.15, 0.2) is 30.3 Å². The third-order valence-corrected chi connectivity index (χ3v) is 5.24. The van der Waals surface area contributed by atoms with Gasteiger partial charge in [0.05, 0.1) is 0 Å². The van der Waals surface area contributed by atoms with Crippen molar-refractivity contribution in [1.82, 2.24) is 10.2 Å². The highest BCUT2D eigenvalue weighted by Crippen LogP contribution is 2.24. The minimum atomic E-state index is 0.709. The van der Waals surface area contributed by atoms with Crippen LogP contribution in [0.4, 0.5) is 0 Å². The normalized spacial score (nSPS) is 31.2. The van der Waals surface area contributed by atoms with Crippen molar-refractivity contribution < 1.29 is 0 Å². The average Bonchev–Trinajstić information content (AvgIpc) is 2.51. The van der Waals surface area contributed by atoms with Crippen molar-refractivity contribution in [3.8, 4) is 0 Å². The molecule has 1 N–H and O–H groups in total. The van der Waals surface area contributed by atoms with E-state index in [1.165, 1.54) is 57.2 Å². The van der Waals surface area contributed by atoms with Crippen LogP contribution < -0.4 is 5.32 Å². The van der Waals surface area contributed by atoms with Gasteiger partial charge in [0.1, 0.15) is 0 Å². The predicted octanol–water partition coefficient (Wildman–Crippen LogP) is 3.82. The molecule has 0 bridgehead atoms. The molecule has 116 valence electrons. The van der Waals surface area contributed by atoms with Crippen LogP contribution in [0, 0.1) is 5.92 Å². The van der Waals surface area contributed by atoms with E-state index in [-0.39, 0.29) is 0 Å². The fourth-order valence-electron chi connectivity index (χ4n) is 3.94. The second kappa shape index (κ2) is 7.42. The van der Waals surface area contributed by atoms with Crippen molar-refractivity contribution in [3.63, 3.8) is 0 Å². The molecule has 21 heavy (non-hydrogen) atoms. The van der Waals surface area contributed by atoms with Crippen LogP contribution >= 0.6 is 0 Å². The first-order chi connectivity index (χ1) is 10.3. The molecule has 2 nitrogen and oxygen atoms in total. The molecule has 1 aromatic rings. The lowest BCUT2D eigenvalue weighted by Gasteiger charge is -2.37. The summed E-state index contributed by atoms with van der Waals surface area (Å²) in [6.45, 7) is 5.99. The molecule has 1 atom stereocenters. The molecule has 1 heterocycles. The van der Waals surface area contributed by atoms with E-state index < -0.39 is 0 Å². The summed E-state index contributed by atoms with van der Waals surface area (Å²) in [4.78, 5) is 2.63. The zero-order valence-electron chi connectivity index (χ0n) is 13.4. The van der Waals surface area contributed by atoms with Gasteiger partial charge in [-0.1, -0.05) is 37.3 Å². The minimum Gasteiger partial charge on any atom is -0.310 e. The van der Waals surface area contributed by atoms with Crippen LogP contribution in [0.1, 0.15) is 51.0 Å². The Labute approximate surface area is 129 Å². The Morgan fingerprint density at radius 2 is 1.76 bits per heavy atom. The summed E-state index contributed by atoms with van der Waals surface area (Å²) >= 11 is 0. The maximum absolute atomic E-state index is 3.95. The molecule has 1 saturated carbocycles. The maximum atomic E-state index is 3.95. The topological polar surface area (TPSA) is 15.3 Å². The Morgan fingerprint density at radius 3 is 2.52 bits per heavy atom.